The van der Waals surface area contributed by atoms with Crippen LogP contribution in [0, 0.1) is 5.82 Å². The largest absolute Gasteiger partial charge is 0.489 e. The summed E-state index contributed by atoms with van der Waals surface area (Å²) in [6.45, 7) is 0.539. The molecule has 3 aromatic rings. The van der Waals surface area contributed by atoms with E-state index in [1.165, 1.54) is 0 Å². The Hall–Kier alpha value is -3.30. The average Bonchev–Trinajstić information content (AvgIpc) is 3.57. The van der Waals surface area contributed by atoms with Crippen molar-refractivity contribution >= 4 is 34.1 Å². The zero-order chi connectivity index (χ0) is 31.5. The van der Waals surface area contributed by atoms with E-state index in [1.807, 2.05) is 4.90 Å². The first-order valence-electron chi connectivity index (χ1n) is 14.8. The molecule has 2 aromatic heterocycles. The fourth-order valence-corrected chi connectivity index (χ4v) is 8.24. The summed E-state index contributed by atoms with van der Waals surface area (Å²) in [5.41, 5.74) is 1.71. The number of nitrogens with two attached hydrogens (primary N) is 1. The maximum Gasteiger partial charge on any atom is 0.418 e. The van der Waals surface area contributed by atoms with Crippen molar-refractivity contribution < 1.29 is 35.8 Å². The molecule has 45 heavy (non-hydrogen) atoms. The van der Waals surface area contributed by atoms with Gasteiger partial charge >= 0.3 is 12.2 Å². The van der Waals surface area contributed by atoms with E-state index in [4.69, 9.17) is 26.8 Å². The van der Waals surface area contributed by atoms with Gasteiger partial charge in [-0.25, -0.2) is 18.2 Å². The number of anilines is 2. The zero-order valence-electron chi connectivity index (χ0n) is 23.7. The Morgan fingerprint density at radius 3 is 2.80 bits per heavy atom. The Balaban J connectivity index is 1.32. The second-order valence-corrected chi connectivity index (χ2v) is 13.0. The molecular formula is C29H28ClF6N7O2. The van der Waals surface area contributed by atoms with Crippen LogP contribution in [0.4, 0.5) is 38.0 Å². The molecule has 3 N–H and O–H groups in total. The summed E-state index contributed by atoms with van der Waals surface area (Å²) >= 11 is 6.72. The summed E-state index contributed by atoms with van der Waals surface area (Å²) in [4.78, 5) is 16.5. The van der Waals surface area contributed by atoms with Crippen LogP contribution in [0.3, 0.4) is 0 Å². The standard InChI is InChI=1S/C29H28ClF6N7O2/c30-20-18(22-14(29(34,35)36)3-5-17(37)39-22)21(31)23-19-24(20)44-9-16-15-4-2-13(38-15)8-43(16)25(19)41-26(40-23)45-12-27-6-1-7-42(27)11-28(32,33)10-27/h3,5,13,15-16,38H,1-2,4,6-12H2,(H2,37,39)/t13-,15+,16-,27+/m1/s1. The lowest BCUT2D eigenvalue weighted by Crippen LogP contribution is -2.60. The molecule has 8 rings (SSSR count). The lowest BCUT2D eigenvalue weighted by Gasteiger charge is -2.40. The monoisotopic (exact) mass is 655 g/mol. The van der Waals surface area contributed by atoms with Gasteiger partial charge in [0, 0.05) is 25.0 Å². The maximum atomic E-state index is 16.7. The predicted octanol–water partition coefficient (Wildman–Crippen LogP) is 5.04. The normalized spacial score (nSPS) is 28.6. The number of rotatable bonds is 4. The Labute approximate surface area is 258 Å². The molecule has 0 amide bonds. The molecular weight excluding hydrogens is 628 g/mol. The van der Waals surface area contributed by atoms with Crippen LogP contribution in [0.1, 0.15) is 37.7 Å². The van der Waals surface area contributed by atoms with Gasteiger partial charge in [0.15, 0.2) is 11.6 Å². The van der Waals surface area contributed by atoms with Crippen LogP contribution in [-0.4, -0.2) is 82.3 Å². The fourth-order valence-electron chi connectivity index (χ4n) is 7.92. The van der Waals surface area contributed by atoms with Crippen LogP contribution in [0.15, 0.2) is 12.1 Å². The van der Waals surface area contributed by atoms with E-state index in [0.717, 1.165) is 25.3 Å². The van der Waals surface area contributed by atoms with Crippen molar-refractivity contribution in [2.45, 2.75) is 67.9 Å². The summed E-state index contributed by atoms with van der Waals surface area (Å²) in [5.74, 6) is -4.17. The second-order valence-electron chi connectivity index (χ2n) is 12.7. The third-order valence-corrected chi connectivity index (χ3v) is 10.2. The van der Waals surface area contributed by atoms with E-state index < -0.39 is 51.7 Å². The summed E-state index contributed by atoms with van der Waals surface area (Å²) in [6.07, 6.45) is -2.34. The van der Waals surface area contributed by atoms with E-state index >= 15 is 4.39 Å². The minimum atomic E-state index is -4.91. The minimum absolute atomic E-state index is 0.00890. The highest BCUT2D eigenvalue weighted by Gasteiger charge is 2.57. The molecule has 9 nitrogen and oxygen atoms in total. The van der Waals surface area contributed by atoms with Crippen LogP contribution in [0.5, 0.6) is 11.8 Å². The van der Waals surface area contributed by atoms with Crippen molar-refractivity contribution in [2.75, 3.05) is 43.5 Å². The van der Waals surface area contributed by atoms with Crippen LogP contribution < -0.4 is 25.4 Å². The third kappa shape index (κ3) is 4.55. The quantitative estimate of drug-likeness (QED) is 0.375. The van der Waals surface area contributed by atoms with E-state index in [-0.39, 0.29) is 72.2 Å². The first-order valence-corrected chi connectivity index (χ1v) is 15.2. The topological polar surface area (TPSA) is 102 Å². The molecule has 4 atom stereocenters. The zero-order valence-corrected chi connectivity index (χ0v) is 24.5. The highest BCUT2D eigenvalue weighted by molar-refractivity contribution is 6.36. The van der Waals surface area contributed by atoms with Gasteiger partial charge in [-0.15, -0.1) is 0 Å². The van der Waals surface area contributed by atoms with E-state index in [2.05, 4.69) is 20.3 Å². The lowest BCUT2D eigenvalue weighted by molar-refractivity contribution is -0.137. The lowest BCUT2D eigenvalue weighted by atomic mass is 9.94. The molecule has 16 heteroatoms. The van der Waals surface area contributed by atoms with Crippen molar-refractivity contribution in [1.29, 1.82) is 0 Å². The molecule has 4 saturated heterocycles. The van der Waals surface area contributed by atoms with Gasteiger partial charge < -0.3 is 25.4 Å². The predicted molar refractivity (Wildman–Crippen MR) is 152 cm³/mol. The number of aromatic nitrogens is 3. The molecule has 240 valence electrons. The maximum absolute atomic E-state index is 16.7. The Kier molecular flexibility index (Phi) is 6.38. The van der Waals surface area contributed by atoms with Crippen LogP contribution in [0.25, 0.3) is 22.2 Å². The number of nitrogens with zero attached hydrogens (tertiary/aromatic N) is 5. The highest BCUT2D eigenvalue weighted by Crippen LogP contribution is 2.51. The number of halogens is 7. The van der Waals surface area contributed by atoms with Gasteiger partial charge in [0.2, 0.25) is 0 Å². The van der Waals surface area contributed by atoms with Crippen molar-refractivity contribution in [3.8, 4) is 23.0 Å². The van der Waals surface area contributed by atoms with Gasteiger partial charge in [-0.1, -0.05) is 11.6 Å². The molecule has 0 spiro atoms. The highest BCUT2D eigenvalue weighted by atomic mass is 35.5. The molecule has 0 unspecified atom stereocenters. The molecule has 5 aliphatic rings. The summed E-state index contributed by atoms with van der Waals surface area (Å²) in [7, 11) is 0. The van der Waals surface area contributed by atoms with Crippen molar-refractivity contribution in [3.63, 3.8) is 0 Å². The summed E-state index contributed by atoms with van der Waals surface area (Å²) < 4.78 is 100. The molecule has 2 bridgehead atoms. The van der Waals surface area contributed by atoms with Gasteiger partial charge in [0.05, 0.1) is 45.4 Å². The molecule has 1 aromatic carbocycles. The molecule has 7 heterocycles. The SMILES string of the molecule is Nc1ccc(C(F)(F)F)c(-c2c(Cl)c3c4c(nc(OC[C@@]56CCCN5CC(F)(F)C6)nc4c2F)N2C[C@H]4CC[C@H](N4)[C@H]2CO3)n1. The number of nitrogen functional groups attached to an aromatic ring is 1. The van der Waals surface area contributed by atoms with Crippen LogP contribution in [-0.2, 0) is 6.18 Å². The Morgan fingerprint density at radius 2 is 2.00 bits per heavy atom. The third-order valence-electron chi connectivity index (χ3n) is 9.85. The Morgan fingerprint density at radius 1 is 1.18 bits per heavy atom. The molecule has 4 fully saturated rings. The van der Waals surface area contributed by atoms with Crippen LogP contribution >= 0.6 is 11.6 Å². The number of piperazine rings is 1. The molecule has 5 aliphatic heterocycles. The van der Waals surface area contributed by atoms with E-state index in [0.29, 0.717) is 25.6 Å². The number of fused-ring (bicyclic) bond motifs is 6. The van der Waals surface area contributed by atoms with Crippen molar-refractivity contribution in [2.24, 2.45) is 0 Å². The molecule has 0 radical (unpaired) electrons. The average molecular weight is 656 g/mol. The number of pyridine rings is 1. The van der Waals surface area contributed by atoms with Crippen molar-refractivity contribution in [1.82, 2.24) is 25.2 Å². The molecule has 0 aliphatic carbocycles. The molecule has 0 saturated carbocycles. The smallest absolute Gasteiger partial charge is 0.418 e. The van der Waals surface area contributed by atoms with E-state index in [9.17, 15) is 22.0 Å². The van der Waals surface area contributed by atoms with Gasteiger partial charge in [-0.3, -0.25) is 4.90 Å². The number of benzene rings is 1. The van der Waals surface area contributed by atoms with Crippen molar-refractivity contribution in [3.05, 3.63) is 28.5 Å². The van der Waals surface area contributed by atoms with Gasteiger partial charge in [-0.05, 0) is 44.4 Å². The Bertz CT molecular complexity index is 1730. The number of alkyl halides is 5. The van der Waals surface area contributed by atoms with Gasteiger partial charge in [-0.2, -0.15) is 23.1 Å². The second kappa shape index (κ2) is 9.85. The fraction of sp³-hybridized carbons (Fsp3) is 0.552. The minimum Gasteiger partial charge on any atom is -0.489 e. The number of ether oxygens (including phenoxy) is 2. The summed E-state index contributed by atoms with van der Waals surface area (Å²) in [6, 6.07) is 1.26. The van der Waals surface area contributed by atoms with Gasteiger partial charge in [0.1, 0.15) is 30.4 Å². The van der Waals surface area contributed by atoms with E-state index in [1.54, 1.807) is 4.90 Å². The summed E-state index contributed by atoms with van der Waals surface area (Å²) in [5, 5.41) is 3.21. The first kappa shape index (κ1) is 29.1. The number of hydrogen-bond acceptors (Lipinski definition) is 9. The van der Waals surface area contributed by atoms with Gasteiger partial charge in [0.25, 0.3) is 5.92 Å². The number of hydrogen-bond donors (Lipinski definition) is 2. The van der Waals surface area contributed by atoms with Crippen LogP contribution in [0.2, 0.25) is 5.02 Å². The first-order chi connectivity index (χ1) is 21.3. The number of nitrogens with one attached hydrogen (secondary N) is 1.